The molecular formula is C45H51IrN3OSi-2. The Morgan fingerprint density at radius 3 is 2.22 bits per heavy atom. The zero-order chi connectivity index (χ0) is 34.7. The normalized spacial score (nSPS) is 15.3. The fourth-order valence-electron chi connectivity index (χ4n) is 8.00. The summed E-state index contributed by atoms with van der Waals surface area (Å²) >= 11 is 0. The monoisotopic (exact) mass is 870 g/mol. The second kappa shape index (κ2) is 16.5. The van der Waals surface area contributed by atoms with E-state index in [1.807, 2.05) is 24.4 Å². The van der Waals surface area contributed by atoms with Gasteiger partial charge in [0.15, 0.2) is 0 Å². The first-order valence-electron chi connectivity index (χ1n) is 18.9. The molecule has 2 aliphatic carbocycles. The van der Waals surface area contributed by atoms with Crippen molar-refractivity contribution in [3.05, 3.63) is 108 Å². The van der Waals surface area contributed by atoms with Gasteiger partial charge < -0.3 is 14.4 Å². The molecule has 2 aromatic carbocycles. The second-order valence-corrected chi connectivity index (χ2v) is 21.0. The Labute approximate surface area is 319 Å². The molecule has 0 unspecified atom stereocenters. The number of nitrogens with zero attached hydrogens (tertiary/aromatic N) is 3. The van der Waals surface area contributed by atoms with Gasteiger partial charge in [-0.05, 0) is 65.4 Å². The van der Waals surface area contributed by atoms with Gasteiger partial charge >= 0.3 is 0 Å². The number of rotatable bonds is 8. The third-order valence-corrected chi connectivity index (χ3v) is 12.8. The minimum absolute atomic E-state index is 0. The van der Waals surface area contributed by atoms with Crippen LogP contribution in [0.1, 0.15) is 88.0 Å². The molecule has 1 radical (unpaired) electrons. The summed E-state index contributed by atoms with van der Waals surface area (Å²) in [6.45, 7) is 11.6. The van der Waals surface area contributed by atoms with Crippen molar-refractivity contribution in [3.8, 4) is 22.5 Å². The molecule has 6 aromatic rings. The summed E-state index contributed by atoms with van der Waals surface area (Å²) in [6.07, 6.45) is 17.6. The van der Waals surface area contributed by atoms with Crippen molar-refractivity contribution in [3.63, 3.8) is 0 Å². The van der Waals surface area contributed by atoms with Gasteiger partial charge in [-0.1, -0.05) is 119 Å². The Morgan fingerprint density at radius 2 is 1.53 bits per heavy atom. The van der Waals surface area contributed by atoms with Crippen LogP contribution in [0.2, 0.25) is 19.6 Å². The van der Waals surface area contributed by atoms with Crippen LogP contribution in [-0.2, 0) is 32.9 Å². The minimum Gasteiger partial charge on any atom is -0.486 e. The fraction of sp³-hybridized carbons (Fsp3) is 0.400. The number of pyridine rings is 3. The molecule has 0 aliphatic heterocycles. The van der Waals surface area contributed by atoms with Crippen LogP contribution >= 0.6 is 0 Å². The molecule has 0 amide bonds. The van der Waals surface area contributed by atoms with E-state index in [0.717, 1.165) is 62.8 Å². The van der Waals surface area contributed by atoms with Crippen molar-refractivity contribution < 1.29 is 24.5 Å². The van der Waals surface area contributed by atoms with Crippen LogP contribution in [0.4, 0.5) is 0 Å². The van der Waals surface area contributed by atoms with Gasteiger partial charge in [0.05, 0.1) is 13.7 Å². The van der Waals surface area contributed by atoms with Crippen molar-refractivity contribution in [2.24, 2.45) is 11.8 Å². The Hall–Kier alpha value is -3.44. The van der Waals surface area contributed by atoms with Gasteiger partial charge in [0.1, 0.15) is 0 Å². The van der Waals surface area contributed by atoms with Crippen LogP contribution in [0.5, 0.6) is 0 Å². The number of furan rings is 1. The molecular weight excluding hydrogens is 819 g/mol. The molecule has 2 saturated carbocycles. The fourth-order valence-corrected chi connectivity index (χ4v) is 9.59. The van der Waals surface area contributed by atoms with E-state index in [9.17, 15) is 0 Å². The van der Waals surface area contributed by atoms with Gasteiger partial charge in [-0.2, -0.15) is 0 Å². The number of hydrogen-bond donors (Lipinski definition) is 0. The predicted molar refractivity (Wildman–Crippen MR) is 210 cm³/mol. The van der Waals surface area contributed by atoms with Gasteiger partial charge in [0.2, 0.25) is 5.71 Å². The van der Waals surface area contributed by atoms with Crippen molar-refractivity contribution >= 4 is 35.3 Å². The number of benzene rings is 2. The molecule has 0 N–H and O–H groups in total. The van der Waals surface area contributed by atoms with E-state index in [4.69, 9.17) is 14.4 Å². The number of aromatic nitrogens is 3. The van der Waals surface area contributed by atoms with Crippen LogP contribution in [0.15, 0.2) is 83.5 Å². The summed E-state index contributed by atoms with van der Waals surface area (Å²) in [6, 6.07) is 29.8. The summed E-state index contributed by atoms with van der Waals surface area (Å²) in [4.78, 5) is 14.1. The summed E-state index contributed by atoms with van der Waals surface area (Å²) in [7, 11) is -1.35. The van der Waals surface area contributed by atoms with Crippen LogP contribution < -0.4 is 5.19 Å². The molecule has 4 heterocycles. The second-order valence-electron chi connectivity index (χ2n) is 16.0. The van der Waals surface area contributed by atoms with E-state index in [0.29, 0.717) is 11.6 Å². The zero-order valence-corrected chi connectivity index (χ0v) is 34.3. The summed E-state index contributed by atoms with van der Waals surface area (Å²) in [5.74, 6) is 2.07. The standard InChI is InChI=1S/C25H25N2O.C20H26NSi.Ir/c1-16(2)22-11-10-20-19-8-5-9-21(24(19)28-25(20)27-22)23-15-18(12-13-26-23)14-17-6-3-4-7-17;1-22(2,3)20-15-21-19(17-11-5-4-6-12-17)14-18(20)13-16-9-7-8-10-16;/h5,8,10-13,15-17H,3-4,6-7,14H2,1-2H3;4-6,11,14-16H,7-10,13H2,1-3H3;/q2*-1;. The third-order valence-electron chi connectivity index (χ3n) is 10.8. The Bertz CT molecular complexity index is 2050. The van der Waals surface area contributed by atoms with Gasteiger partial charge in [0, 0.05) is 43.6 Å². The summed E-state index contributed by atoms with van der Waals surface area (Å²) in [5.41, 5.74) is 9.54. The largest absolute Gasteiger partial charge is 0.486 e. The van der Waals surface area contributed by atoms with E-state index >= 15 is 0 Å². The van der Waals surface area contributed by atoms with E-state index in [1.54, 1.807) is 10.8 Å². The van der Waals surface area contributed by atoms with Crippen molar-refractivity contribution in [2.45, 2.75) is 104 Å². The molecule has 4 nitrogen and oxygen atoms in total. The Kier molecular flexibility index (Phi) is 12.1. The zero-order valence-electron chi connectivity index (χ0n) is 30.9. The van der Waals surface area contributed by atoms with E-state index in [-0.39, 0.29) is 20.1 Å². The predicted octanol–water partition coefficient (Wildman–Crippen LogP) is 11.5. The molecule has 0 spiro atoms. The molecule has 267 valence electrons. The molecule has 51 heavy (non-hydrogen) atoms. The molecule has 6 heteroatoms. The maximum Gasteiger partial charge on any atom is 0.216 e. The number of fused-ring (bicyclic) bond motifs is 3. The van der Waals surface area contributed by atoms with E-state index in [2.05, 4.69) is 105 Å². The molecule has 0 atom stereocenters. The minimum atomic E-state index is -1.35. The maximum absolute atomic E-state index is 6.22. The quantitative estimate of drug-likeness (QED) is 0.113. The van der Waals surface area contributed by atoms with Gasteiger partial charge in [-0.15, -0.1) is 54.1 Å². The van der Waals surface area contributed by atoms with Crippen molar-refractivity contribution in [1.29, 1.82) is 0 Å². The maximum atomic E-state index is 6.22. The molecule has 2 aliphatic rings. The van der Waals surface area contributed by atoms with Crippen molar-refractivity contribution in [2.75, 3.05) is 0 Å². The van der Waals surface area contributed by atoms with Crippen LogP contribution in [0.3, 0.4) is 0 Å². The van der Waals surface area contributed by atoms with E-state index in [1.165, 1.54) is 63.4 Å². The average Bonchev–Trinajstić information content (AvgIpc) is 3.90. The van der Waals surface area contributed by atoms with Crippen LogP contribution in [0, 0.1) is 24.0 Å². The summed E-state index contributed by atoms with van der Waals surface area (Å²) < 4.78 is 6.22. The van der Waals surface area contributed by atoms with Crippen LogP contribution in [0.25, 0.3) is 44.6 Å². The van der Waals surface area contributed by atoms with Gasteiger partial charge in [-0.3, -0.25) is 0 Å². The summed E-state index contributed by atoms with van der Waals surface area (Å²) in [5, 5.41) is 3.67. The van der Waals surface area contributed by atoms with Crippen molar-refractivity contribution in [1.82, 2.24) is 15.0 Å². The SMILES string of the molecule is CC(C)c1ccc2c(n1)oc1c(-c3cc(CC4CCCC4)ccn3)[c-]ccc12.C[Si](C)(C)c1cnc(-c2[c-]cccc2)cc1CC1CCCC1.[Ir]. The first-order valence-corrected chi connectivity index (χ1v) is 22.4. The third kappa shape index (κ3) is 8.79. The number of hydrogen-bond acceptors (Lipinski definition) is 4. The Morgan fingerprint density at radius 1 is 0.784 bits per heavy atom. The first-order chi connectivity index (χ1) is 24.2. The molecule has 8 rings (SSSR count). The molecule has 0 bridgehead atoms. The first kappa shape index (κ1) is 37.3. The smallest absolute Gasteiger partial charge is 0.216 e. The molecule has 4 aromatic heterocycles. The average molecular weight is 870 g/mol. The topological polar surface area (TPSA) is 51.8 Å². The van der Waals surface area contributed by atoms with Crippen LogP contribution in [-0.4, -0.2) is 23.0 Å². The molecule has 0 saturated heterocycles. The Balaban J connectivity index is 0.000000178. The van der Waals surface area contributed by atoms with Gasteiger partial charge in [0.25, 0.3) is 0 Å². The van der Waals surface area contributed by atoms with Gasteiger partial charge in [-0.25, -0.2) is 4.98 Å². The van der Waals surface area contributed by atoms with E-state index < -0.39 is 8.07 Å². The molecule has 2 fully saturated rings.